The Labute approximate surface area is 112 Å². The maximum absolute atomic E-state index is 5.47. The molecule has 0 saturated carbocycles. The summed E-state index contributed by atoms with van der Waals surface area (Å²) in [5.74, 6) is 0. The molecule has 0 heterocycles. The number of benzene rings is 1. The third-order valence-electron chi connectivity index (χ3n) is 3.23. The molecule has 1 unspecified atom stereocenters. The second kappa shape index (κ2) is 9.12. The Balaban J connectivity index is 2.51. The summed E-state index contributed by atoms with van der Waals surface area (Å²) >= 11 is 0. The van der Waals surface area contributed by atoms with Gasteiger partial charge in [0, 0.05) is 19.3 Å². The van der Waals surface area contributed by atoms with Crippen LogP contribution in [-0.2, 0) is 11.2 Å². The van der Waals surface area contributed by atoms with Gasteiger partial charge in [-0.2, -0.15) is 0 Å². The molecule has 0 bridgehead atoms. The number of nitrogens with one attached hydrogen (secondary N) is 1. The maximum Gasteiger partial charge on any atom is 0.0480 e. The minimum atomic E-state index is 0.526. The van der Waals surface area contributed by atoms with Crippen LogP contribution in [0.2, 0.25) is 0 Å². The van der Waals surface area contributed by atoms with Crippen molar-refractivity contribution in [3.8, 4) is 0 Å². The second-order valence-corrected chi connectivity index (χ2v) is 4.77. The lowest BCUT2D eigenvalue weighted by Crippen LogP contribution is -2.33. The van der Waals surface area contributed by atoms with Gasteiger partial charge < -0.3 is 10.1 Å². The highest BCUT2D eigenvalue weighted by molar-refractivity contribution is 5.26. The molecule has 0 aromatic heterocycles. The molecule has 1 rings (SSSR count). The molecule has 18 heavy (non-hydrogen) atoms. The molecule has 0 amide bonds. The number of hydrogen-bond acceptors (Lipinski definition) is 2. The van der Waals surface area contributed by atoms with Crippen molar-refractivity contribution >= 4 is 0 Å². The standard InChI is InChI=1S/C16H27NO/c1-4-11-17-16(10-12-18-5-2)13-15-9-7-6-8-14(15)3/h6-9,16-17H,4-5,10-13H2,1-3H3. The predicted molar refractivity (Wildman–Crippen MR) is 78.1 cm³/mol. The summed E-state index contributed by atoms with van der Waals surface area (Å²) < 4.78 is 5.47. The average Bonchev–Trinajstić information content (AvgIpc) is 2.38. The van der Waals surface area contributed by atoms with Crippen LogP contribution in [0.1, 0.15) is 37.8 Å². The van der Waals surface area contributed by atoms with Gasteiger partial charge in [-0.3, -0.25) is 0 Å². The zero-order valence-corrected chi connectivity index (χ0v) is 12.0. The first-order valence-electron chi connectivity index (χ1n) is 7.13. The summed E-state index contributed by atoms with van der Waals surface area (Å²) in [6.45, 7) is 9.20. The molecule has 2 heteroatoms. The van der Waals surface area contributed by atoms with Crippen LogP contribution in [0.25, 0.3) is 0 Å². The van der Waals surface area contributed by atoms with Crippen molar-refractivity contribution in [2.45, 2.75) is 46.1 Å². The van der Waals surface area contributed by atoms with E-state index in [0.717, 1.165) is 32.6 Å². The molecule has 0 saturated heterocycles. The number of ether oxygens (including phenoxy) is 1. The highest BCUT2D eigenvalue weighted by Crippen LogP contribution is 2.11. The van der Waals surface area contributed by atoms with Crippen molar-refractivity contribution in [1.29, 1.82) is 0 Å². The van der Waals surface area contributed by atoms with Gasteiger partial charge in [-0.05, 0) is 50.8 Å². The maximum atomic E-state index is 5.47. The summed E-state index contributed by atoms with van der Waals surface area (Å²) in [6.07, 6.45) is 3.36. The molecule has 0 aliphatic rings. The first-order chi connectivity index (χ1) is 8.77. The molecule has 0 aliphatic carbocycles. The van der Waals surface area contributed by atoms with Crippen LogP contribution in [0.4, 0.5) is 0 Å². The van der Waals surface area contributed by atoms with Crippen LogP contribution in [0.3, 0.4) is 0 Å². The van der Waals surface area contributed by atoms with E-state index in [1.165, 1.54) is 17.5 Å². The van der Waals surface area contributed by atoms with Crippen molar-refractivity contribution in [2.75, 3.05) is 19.8 Å². The van der Waals surface area contributed by atoms with E-state index >= 15 is 0 Å². The lowest BCUT2D eigenvalue weighted by atomic mass is 9.99. The first-order valence-corrected chi connectivity index (χ1v) is 7.13. The molecular formula is C16H27NO. The van der Waals surface area contributed by atoms with Gasteiger partial charge in [0.1, 0.15) is 0 Å². The van der Waals surface area contributed by atoms with Crippen LogP contribution < -0.4 is 5.32 Å². The van der Waals surface area contributed by atoms with E-state index in [0.29, 0.717) is 6.04 Å². The number of aryl methyl sites for hydroxylation is 1. The van der Waals surface area contributed by atoms with Gasteiger partial charge in [0.2, 0.25) is 0 Å². The molecule has 1 atom stereocenters. The first kappa shape index (κ1) is 15.2. The van der Waals surface area contributed by atoms with Crippen molar-refractivity contribution in [1.82, 2.24) is 5.32 Å². The summed E-state index contributed by atoms with van der Waals surface area (Å²) in [4.78, 5) is 0. The highest BCUT2D eigenvalue weighted by atomic mass is 16.5. The second-order valence-electron chi connectivity index (χ2n) is 4.77. The van der Waals surface area contributed by atoms with Gasteiger partial charge in [0.05, 0.1) is 0 Å². The molecule has 0 fully saturated rings. The Morgan fingerprint density at radius 1 is 1.22 bits per heavy atom. The van der Waals surface area contributed by atoms with Crippen LogP contribution in [0.5, 0.6) is 0 Å². The normalized spacial score (nSPS) is 12.6. The van der Waals surface area contributed by atoms with Crippen LogP contribution in [-0.4, -0.2) is 25.8 Å². The largest absolute Gasteiger partial charge is 0.382 e. The number of hydrogen-bond donors (Lipinski definition) is 1. The van der Waals surface area contributed by atoms with Gasteiger partial charge in [-0.25, -0.2) is 0 Å². The lowest BCUT2D eigenvalue weighted by Gasteiger charge is -2.19. The van der Waals surface area contributed by atoms with E-state index in [1.807, 2.05) is 0 Å². The Hall–Kier alpha value is -0.860. The van der Waals surface area contributed by atoms with Gasteiger partial charge in [0.15, 0.2) is 0 Å². The van der Waals surface area contributed by atoms with E-state index in [1.54, 1.807) is 0 Å². The van der Waals surface area contributed by atoms with E-state index in [9.17, 15) is 0 Å². The molecule has 0 radical (unpaired) electrons. The van der Waals surface area contributed by atoms with Crippen LogP contribution in [0.15, 0.2) is 24.3 Å². The molecular weight excluding hydrogens is 222 g/mol. The van der Waals surface area contributed by atoms with E-state index < -0.39 is 0 Å². The van der Waals surface area contributed by atoms with Gasteiger partial charge in [-0.1, -0.05) is 31.2 Å². The molecule has 1 N–H and O–H groups in total. The average molecular weight is 249 g/mol. The molecule has 0 spiro atoms. The van der Waals surface area contributed by atoms with Crippen molar-refractivity contribution < 1.29 is 4.74 Å². The van der Waals surface area contributed by atoms with Crippen molar-refractivity contribution in [3.63, 3.8) is 0 Å². The Morgan fingerprint density at radius 2 is 2.00 bits per heavy atom. The zero-order valence-electron chi connectivity index (χ0n) is 12.0. The quantitative estimate of drug-likeness (QED) is 0.678. The van der Waals surface area contributed by atoms with Crippen molar-refractivity contribution in [2.24, 2.45) is 0 Å². The Morgan fingerprint density at radius 3 is 2.67 bits per heavy atom. The monoisotopic (exact) mass is 249 g/mol. The van der Waals surface area contributed by atoms with E-state index in [2.05, 4.69) is 50.4 Å². The highest BCUT2D eigenvalue weighted by Gasteiger charge is 2.09. The third-order valence-corrected chi connectivity index (χ3v) is 3.23. The molecule has 2 nitrogen and oxygen atoms in total. The topological polar surface area (TPSA) is 21.3 Å². The predicted octanol–water partition coefficient (Wildman–Crippen LogP) is 3.33. The fraction of sp³-hybridized carbons (Fsp3) is 0.625. The summed E-state index contributed by atoms with van der Waals surface area (Å²) in [7, 11) is 0. The Bertz CT molecular complexity index is 325. The van der Waals surface area contributed by atoms with Gasteiger partial charge >= 0.3 is 0 Å². The van der Waals surface area contributed by atoms with Gasteiger partial charge in [-0.15, -0.1) is 0 Å². The smallest absolute Gasteiger partial charge is 0.0480 e. The SMILES string of the molecule is CCCNC(CCOCC)Cc1ccccc1C. The fourth-order valence-electron chi connectivity index (χ4n) is 2.10. The molecule has 1 aromatic carbocycles. The van der Waals surface area contributed by atoms with Gasteiger partial charge in [0.25, 0.3) is 0 Å². The number of rotatable bonds is 9. The fourth-order valence-corrected chi connectivity index (χ4v) is 2.10. The molecule has 102 valence electrons. The lowest BCUT2D eigenvalue weighted by molar-refractivity contribution is 0.136. The summed E-state index contributed by atoms with van der Waals surface area (Å²) in [5, 5.41) is 3.62. The Kier molecular flexibility index (Phi) is 7.70. The van der Waals surface area contributed by atoms with Crippen molar-refractivity contribution in [3.05, 3.63) is 35.4 Å². The molecule has 0 aliphatic heterocycles. The summed E-state index contributed by atoms with van der Waals surface area (Å²) in [6, 6.07) is 9.18. The zero-order chi connectivity index (χ0) is 13.2. The minimum absolute atomic E-state index is 0.526. The van der Waals surface area contributed by atoms with Crippen LogP contribution >= 0.6 is 0 Å². The van der Waals surface area contributed by atoms with E-state index in [-0.39, 0.29) is 0 Å². The summed E-state index contributed by atoms with van der Waals surface area (Å²) in [5.41, 5.74) is 2.83. The van der Waals surface area contributed by atoms with Crippen LogP contribution in [0, 0.1) is 6.92 Å². The minimum Gasteiger partial charge on any atom is -0.382 e. The van der Waals surface area contributed by atoms with E-state index in [4.69, 9.17) is 4.74 Å². The third kappa shape index (κ3) is 5.65. The molecule has 1 aromatic rings.